The van der Waals surface area contributed by atoms with Crippen molar-refractivity contribution in [3.8, 4) is 16.9 Å². The second-order valence-electron chi connectivity index (χ2n) is 9.94. The molecule has 2 rings (SSSR count). The predicted octanol–water partition coefficient (Wildman–Crippen LogP) is 8.78. The van der Waals surface area contributed by atoms with Gasteiger partial charge in [0.1, 0.15) is 17.1 Å². The molecule has 6 nitrogen and oxygen atoms in total. The molecule has 0 saturated heterocycles. The number of rotatable bonds is 20. The van der Waals surface area contributed by atoms with Crippen molar-refractivity contribution in [1.82, 2.24) is 4.98 Å². The molecule has 6 heteroatoms. The van der Waals surface area contributed by atoms with Crippen molar-refractivity contribution in [2.75, 3.05) is 0 Å². The first-order chi connectivity index (χ1) is 18.0. The third-order valence-electron chi connectivity index (χ3n) is 6.75. The Bertz CT molecular complexity index is 926. The average molecular weight is 512 g/mol. The summed E-state index contributed by atoms with van der Waals surface area (Å²) in [5.41, 5.74) is 0.546. The number of aromatic carboxylic acids is 2. The normalized spacial score (nSPS) is 11.8. The van der Waals surface area contributed by atoms with Crippen molar-refractivity contribution < 1.29 is 24.5 Å². The Morgan fingerprint density at radius 1 is 0.730 bits per heavy atom. The summed E-state index contributed by atoms with van der Waals surface area (Å²) < 4.78 is 6.43. The lowest BCUT2D eigenvalue weighted by Crippen LogP contribution is -2.17. The fourth-order valence-corrected chi connectivity index (χ4v) is 4.69. The van der Waals surface area contributed by atoms with Gasteiger partial charge in [0.05, 0.1) is 6.10 Å². The van der Waals surface area contributed by atoms with Gasteiger partial charge in [0.15, 0.2) is 0 Å². The molecule has 1 unspecified atom stereocenters. The number of benzene rings is 1. The van der Waals surface area contributed by atoms with Crippen molar-refractivity contribution in [2.45, 2.75) is 116 Å². The van der Waals surface area contributed by atoms with Crippen molar-refractivity contribution in [1.29, 1.82) is 0 Å². The van der Waals surface area contributed by atoms with Crippen LogP contribution in [-0.2, 0) is 0 Å². The molecule has 0 aliphatic rings. The number of carboxylic acid groups (broad SMARTS) is 2. The SMILES string of the molecule is CCCCCCCCCCCCCCC(CCC)Oc1ccccc1-c1cc(C(=O)O)nc(C(=O)O)c1. The van der Waals surface area contributed by atoms with E-state index in [0.717, 1.165) is 25.7 Å². The van der Waals surface area contributed by atoms with Gasteiger partial charge in [0, 0.05) is 5.56 Å². The Morgan fingerprint density at radius 2 is 1.24 bits per heavy atom. The Balaban J connectivity index is 1.89. The van der Waals surface area contributed by atoms with E-state index in [4.69, 9.17) is 4.74 Å². The fraction of sp³-hybridized carbons (Fsp3) is 0.581. The molecule has 1 heterocycles. The zero-order chi connectivity index (χ0) is 26.9. The second-order valence-corrected chi connectivity index (χ2v) is 9.94. The maximum Gasteiger partial charge on any atom is 0.354 e. The lowest BCUT2D eigenvalue weighted by molar-refractivity contribution is 0.0685. The van der Waals surface area contributed by atoms with Crippen LogP contribution in [0.3, 0.4) is 0 Å². The van der Waals surface area contributed by atoms with E-state index in [2.05, 4.69) is 18.8 Å². The summed E-state index contributed by atoms with van der Waals surface area (Å²) >= 11 is 0. The Morgan fingerprint density at radius 3 is 1.76 bits per heavy atom. The summed E-state index contributed by atoms with van der Waals surface area (Å²) in [6, 6.07) is 10.2. The summed E-state index contributed by atoms with van der Waals surface area (Å²) in [6.07, 6.45) is 18.7. The number of pyridine rings is 1. The molecule has 204 valence electrons. The second kappa shape index (κ2) is 17.5. The van der Waals surface area contributed by atoms with Crippen LogP contribution in [0.1, 0.15) is 131 Å². The number of ether oxygens (including phenoxy) is 1. The highest BCUT2D eigenvalue weighted by Crippen LogP contribution is 2.32. The van der Waals surface area contributed by atoms with E-state index in [1.54, 1.807) is 0 Å². The molecule has 0 fully saturated rings. The summed E-state index contributed by atoms with van der Waals surface area (Å²) in [5.74, 6) is -1.89. The number of unbranched alkanes of at least 4 members (excludes halogenated alkanes) is 11. The molecule has 1 atom stereocenters. The third-order valence-corrected chi connectivity index (χ3v) is 6.75. The van der Waals surface area contributed by atoms with Gasteiger partial charge in [-0.25, -0.2) is 14.6 Å². The molecular formula is C31H45NO5. The summed E-state index contributed by atoms with van der Waals surface area (Å²) in [4.78, 5) is 26.8. The Hall–Kier alpha value is -2.89. The topological polar surface area (TPSA) is 96.7 Å². The van der Waals surface area contributed by atoms with Crippen molar-refractivity contribution in [2.24, 2.45) is 0 Å². The molecule has 37 heavy (non-hydrogen) atoms. The number of hydrogen-bond acceptors (Lipinski definition) is 4. The molecular weight excluding hydrogens is 466 g/mol. The molecule has 0 amide bonds. The number of hydrogen-bond donors (Lipinski definition) is 2. The van der Waals surface area contributed by atoms with Gasteiger partial charge < -0.3 is 14.9 Å². The van der Waals surface area contributed by atoms with Crippen LogP contribution < -0.4 is 4.74 Å². The summed E-state index contributed by atoms with van der Waals surface area (Å²) in [5, 5.41) is 18.8. The Kier molecular flexibility index (Phi) is 14.4. The van der Waals surface area contributed by atoms with Crippen LogP contribution in [-0.4, -0.2) is 33.2 Å². The molecule has 0 saturated carbocycles. The molecule has 0 aliphatic heterocycles. The van der Waals surface area contributed by atoms with Crippen LogP contribution in [0.5, 0.6) is 5.75 Å². The van der Waals surface area contributed by atoms with Gasteiger partial charge in [0.25, 0.3) is 0 Å². The largest absolute Gasteiger partial charge is 0.490 e. The fourth-order valence-electron chi connectivity index (χ4n) is 4.69. The molecule has 2 aromatic rings. The highest BCUT2D eigenvalue weighted by atomic mass is 16.5. The number of carboxylic acids is 2. The van der Waals surface area contributed by atoms with Gasteiger partial charge in [0.2, 0.25) is 0 Å². The molecule has 0 spiro atoms. The molecule has 1 aromatic heterocycles. The Labute approximate surface area is 222 Å². The first-order valence-electron chi connectivity index (χ1n) is 14.2. The van der Waals surface area contributed by atoms with Gasteiger partial charge in [-0.05, 0) is 43.0 Å². The van der Waals surface area contributed by atoms with Crippen molar-refractivity contribution in [3.05, 3.63) is 47.8 Å². The van der Waals surface area contributed by atoms with Gasteiger partial charge in [-0.1, -0.05) is 109 Å². The van der Waals surface area contributed by atoms with Crippen LogP contribution in [0.25, 0.3) is 11.1 Å². The monoisotopic (exact) mass is 511 g/mol. The van der Waals surface area contributed by atoms with E-state index in [9.17, 15) is 19.8 Å². The van der Waals surface area contributed by atoms with Crippen LogP contribution >= 0.6 is 0 Å². The molecule has 1 aromatic carbocycles. The third kappa shape index (κ3) is 11.4. The zero-order valence-electron chi connectivity index (χ0n) is 22.7. The van der Waals surface area contributed by atoms with Crippen molar-refractivity contribution in [3.63, 3.8) is 0 Å². The van der Waals surface area contributed by atoms with E-state index in [-0.39, 0.29) is 17.5 Å². The first-order valence-corrected chi connectivity index (χ1v) is 14.2. The van der Waals surface area contributed by atoms with E-state index in [1.807, 2.05) is 24.3 Å². The molecule has 2 N–H and O–H groups in total. The number of aromatic nitrogens is 1. The summed E-state index contributed by atoms with van der Waals surface area (Å²) in [7, 11) is 0. The lowest BCUT2D eigenvalue weighted by Gasteiger charge is -2.21. The average Bonchev–Trinajstić information content (AvgIpc) is 2.89. The number of carbonyl (C=O) groups is 2. The molecule has 0 radical (unpaired) electrons. The maximum absolute atomic E-state index is 11.5. The van der Waals surface area contributed by atoms with Crippen LogP contribution in [0.15, 0.2) is 36.4 Å². The van der Waals surface area contributed by atoms with E-state index < -0.39 is 11.9 Å². The lowest BCUT2D eigenvalue weighted by atomic mass is 10.0. The zero-order valence-corrected chi connectivity index (χ0v) is 22.7. The standard InChI is InChI=1S/C31H45NO5/c1-3-5-6-7-8-9-10-11-12-13-14-15-19-25(18-4-2)37-29-21-17-16-20-26(29)24-22-27(30(33)34)32-28(23-24)31(35)36/h16-17,20-23,25H,3-15,18-19H2,1-2H3,(H,33,34)(H,35,36). The molecule has 0 bridgehead atoms. The molecule has 0 aliphatic carbocycles. The first kappa shape index (κ1) is 30.3. The predicted molar refractivity (Wildman–Crippen MR) is 149 cm³/mol. The van der Waals surface area contributed by atoms with E-state index in [0.29, 0.717) is 16.9 Å². The number of para-hydroxylation sites is 1. The smallest absolute Gasteiger partial charge is 0.354 e. The minimum Gasteiger partial charge on any atom is -0.490 e. The highest BCUT2D eigenvalue weighted by molar-refractivity contribution is 5.92. The number of nitrogens with zero attached hydrogens (tertiary/aromatic N) is 1. The van der Waals surface area contributed by atoms with E-state index >= 15 is 0 Å². The van der Waals surface area contributed by atoms with Crippen LogP contribution in [0.2, 0.25) is 0 Å². The van der Waals surface area contributed by atoms with Gasteiger partial charge in [-0.3, -0.25) is 0 Å². The van der Waals surface area contributed by atoms with Crippen LogP contribution in [0, 0.1) is 0 Å². The summed E-state index contributed by atoms with van der Waals surface area (Å²) in [6.45, 7) is 4.40. The minimum atomic E-state index is -1.27. The van der Waals surface area contributed by atoms with Gasteiger partial charge >= 0.3 is 11.9 Å². The van der Waals surface area contributed by atoms with Crippen LogP contribution in [0.4, 0.5) is 0 Å². The quantitative estimate of drug-likeness (QED) is 0.172. The van der Waals surface area contributed by atoms with E-state index in [1.165, 1.54) is 82.8 Å². The minimum absolute atomic E-state index is 0.0639. The van der Waals surface area contributed by atoms with Crippen molar-refractivity contribution >= 4 is 11.9 Å². The van der Waals surface area contributed by atoms with Gasteiger partial charge in [-0.2, -0.15) is 0 Å². The van der Waals surface area contributed by atoms with Gasteiger partial charge in [-0.15, -0.1) is 0 Å². The maximum atomic E-state index is 11.5. The highest BCUT2D eigenvalue weighted by Gasteiger charge is 2.18.